The van der Waals surface area contributed by atoms with Crippen molar-refractivity contribution in [3.05, 3.63) is 49.8 Å². The first-order valence-electron chi connectivity index (χ1n) is 5.08. The van der Waals surface area contributed by atoms with Crippen LogP contribution in [0.5, 0.6) is 11.6 Å². The molecular formula is C11H7BrClN3O3. The Hall–Kier alpha value is -1.73. The summed E-state index contributed by atoms with van der Waals surface area (Å²) in [6.45, 7) is 1.71. The van der Waals surface area contributed by atoms with Gasteiger partial charge < -0.3 is 4.74 Å². The van der Waals surface area contributed by atoms with Crippen LogP contribution in [0.25, 0.3) is 0 Å². The Morgan fingerprint density at radius 1 is 1.42 bits per heavy atom. The van der Waals surface area contributed by atoms with E-state index in [2.05, 4.69) is 25.9 Å². The lowest BCUT2D eigenvalue weighted by Gasteiger charge is -2.09. The number of aromatic nitrogens is 2. The third-order valence-corrected chi connectivity index (χ3v) is 3.53. The largest absolute Gasteiger partial charge is 0.430 e. The van der Waals surface area contributed by atoms with E-state index in [1.165, 1.54) is 12.4 Å². The fourth-order valence-corrected chi connectivity index (χ4v) is 1.83. The number of rotatable bonds is 3. The molecule has 98 valence electrons. The molecule has 1 aromatic carbocycles. The summed E-state index contributed by atoms with van der Waals surface area (Å²) in [5.74, 6) is 0.250. The minimum atomic E-state index is -0.515. The van der Waals surface area contributed by atoms with Crippen molar-refractivity contribution >= 4 is 33.2 Å². The van der Waals surface area contributed by atoms with Crippen LogP contribution in [-0.4, -0.2) is 14.9 Å². The number of aryl methyl sites for hydroxylation is 1. The summed E-state index contributed by atoms with van der Waals surface area (Å²) >= 11 is 8.98. The summed E-state index contributed by atoms with van der Waals surface area (Å²) in [7, 11) is 0. The zero-order valence-corrected chi connectivity index (χ0v) is 12.0. The monoisotopic (exact) mass is 343 g/mol. The zero-order valence-electron chi connectivity index (χ0n) is 9.63. The van der Waals surface area contributed by atoms with Crippen molar-refractivity contribution in [1.29, 1.82) is 0 Å². The highest BCUT2D eigenvalue weighted by molar-refractivity contribution is 9.10. The number of hydrogen-bond donors (Lipinski definition) is 0. The van der Waals surface area contributed by atoms with E-state index < -0.39 is 4.92 Å². The zero-order chi connectivity index (χ0) is 14.0. The van der Waals surface area contributed by atoms with Crippen LogP contribution in [0.2, 0.25) is 5.15 Å². The van der Waals surface area contributed by atoms with E-state index in [9.17, 15) is 10.1 Å². The number of nitro groups is 1. The molecule has 0 atom stereocenters. The number of para-hydroxylation sites is 1. The SMILES string of the molecule is Cc1cccc([N+](=O)[O-])c1Oc1ncnc(Cl)c1Br. The Bertz CT molecular complexity index is 651. The van der Waals surface area contributed by atoms with Gasteiger partial charge in [-0.3, -0.25) is 10.1 Å². The van der Waals surface area contributed by atoms with Gasteiger partial charge in [-0.15, -0.1) is 0 Å². The van der Waals surface area contributed by atoms with Crippen molar-refractivity contribution in [2.45, 2.75) is 6.92 Å². The second-order valence-corrected chi connectivity index (χ2v) is 4.72. The van der Waals surface area contributed by atoms with E-state index in [1.54, 1.807) is 19.1 Å². The number of benzene rings is 1. The van der Waals surface area contributed by atoms with E-state index in [0.29, 0.717) is 10.0 Å². The first kappa shape index (κ1) is 13.7. The normalized spacial score (nSPS) is 10.3. The van der Waals surface area contributed by atoms with Crippen molar-refractivity contribution in [3.63, 3.8) is 0 Å². The van der Waals surface area contributed by atoms with Crippen LogP contribution in [-0.2, 0) is 0 Å². The lowest BCUT2D eigenvalue weighted by molar-refractivity contribution is -0.385. The minimum Gasteiger partial charge on any atom is -0.430 e. The predicted octanol–water partition coefficient (Wildman–Crippen LogP) is 3.90. The van der Waals surface area contributed by atoms with Gasteiger partial charge in [-0.2, -0.15) is 0 Å². The maximum absolute atomic E-state index is 11.0. The third kappa shape index (κ3) is 2.82. The van der Waals surface area contributed by atoms with Gasteiger partial charge in [0.1, 0.15) is 10.8 Å². The van der Waals surface area contributed by atoms with Gasteiger partial charge in [0.05, 0.1) is 4.92 Å². The summed E-state index contributed by atoms with van der Waals surface area (Å²) in [6.07, 6.45) is 1.21. The third-order valence-electron chi connectivity index (χ3n) is 2.30. The molecule has 8 heteroatoms. The van der Waals surface area contributed by atoms with Crippen LogP contribution < -0.4 is 4.74 Å². The van der Waals surface area contributed by atoms with Gasteiger partial charge in [0.15, 0.2) is 5.15 Å². The molecule has 0 aliphatic rings. The minimum absolute atomic E-state index is 0.123. The molecule has 2 rings (SSSR count). The molecule has 0 N–H and O–H groups in total. The summed E-state index contributed by atoms with van der Waals surface area (Å²) in [5, 5.41) is 11.1. The molecule has 0 radical (unpaired) electrons. The topological polar surface area (TPSA) is 78.2 Å². The lowest BCUT2D eigenvalue weighted by Crippen LogP contribution is -1.98. The van der Waals surface area contributed by atoms with E-state index in [4.69, 9.17) is 16.3 Å². The van der Waals surface area contributed by atoms with E-state index in [0.717, 1.165) is 0 Å². The van der Waals surface area contributed by atoms with Crippen molar-refractivity contribution < 1.29 is 9.66 Å². The van der Waals surface area contributed by atoms with Gasteiger partial charge in [-0.25, -0.2) is 9.97 Å². The lowest BCUT2D eigenvalue weighted by atomic mass is 10.2. The highest BCUT2D eigenvalue weighted by atomic mass is 79.9. The van der Waals surface area contributed by atoms with Crippen molar-refractivity contribution in [2.75, 3.05) is 0 Å². The molecule has 0 fully saturated rings. The smallest absolute Gasteiger partial charge is 0.311 e. The molecule has 0 aliphatic heterocycles. The molecule has 0 bridgehead atoms. The second kappa shape index (κ2) is 5.50. The maximum Gasteiger partial charge on any atom is 0.311 e. The van der Waals surface area contributed by atoms with Crippen molar-refractivity contribution in [3.8, 4) is 11.6 Å². The molecule has 19 heavy (non-hydrogen) atoms. The standard InChI is InChI=1S/C11H7BrClN3O3/c1-6-3-2-4-7(16(17)18)9(6)19-11-8(12)10(13)14-5-15-11/h2-5H,1H3. The number of nitro benzene ring substituents is 1. The highest BCUT2D eigenvalue weighted by Crippen LogP contribution is 2.37. The second-order valence-electron chi connectivity index (χ2n) is 3.57. The van der Waals surface area contributed by atoms with Gasteiger partial charge in [-0.1, -0.05) is 23.7 Å². The Kier molecular flexibility index (Phi) is 3.96. The molecule has 0 amide bonds. The Morgan fingerprint density at radius 3 is 2.84 bits per heavy atom. The molecular weight excluding hydrogens is 337 g/mol. The van der Waals surface area contributed by atoms with Gasteiger partial charge in [0.2, 0.25) is 11.6 Å². The molecule has 0 unspecified atom stereocenters. The Morgan fingerprint density at radius 2 is 2.16 bits per heavy atom. The van der Waals surface area contributed by atoms with E-state index >= 15 is 0 Å². The molecule has 1 aromatic heterocycles. The summed E-state index contributed by atoms with van der Waals surface area (Å²) in [5.41, 5.74) is 0.484. The molecule has 0 saturated carbocycles. The van der Waals surface area contributed by atoms with Crippen LogP contribution in [0, 0.1) is 17.0 Å². The number of halogens is 2. The number of ether oxygens (including phenoxy) is 1. The van der Waals surface area contributed by atoms with Crippen LogP contribution in [0.15, 0.2) is 29.0 Å². The summed E-state index contributed by atoms with van der Waals surface area (Å²) < 4.78 is 5.83. The van der Waals surface area contributed by atoms with Gasteiger partial charge in [-0.05, 0) is 28.4 Å². The van der Waals surface area contributed by atoms with Crippen LogP contribution in [0.4, 0.5) is 5.69 Å². The fourth-order valence-electron chi connectivity index (χ4n) is 1.41. The fraction of sp³-hybridized carbons (Fsp3) is 0.0909. The van der Waals surface area contributed by atoms with Crippen molar-refractivity contribution in [1.82, 2.24) is 9.97 Å². The number of hydrogen-bond acceptors (Lipinski definition) is 5. The van der Waals surface area contributed by atoms with Gasteiger partial charge in [0, 0.05) is 6.07 Å². The summed E-state index contributed by atoms with van der Waals surface area (Å²) in [6, 6.07) is 4.65. The average Bonchev–Trinajstić information content (AvgIpc) is 2.36. The van der Waals surface area contributed by atoms with Crippen molar-refractivity contribution in [2.24, 2.45) is 0 Å². The molecule has 0 saturated heterocycles. The maximum atomic E-state index is 11.0. The van der Waals surface area contributed by atoms with E-state index in [1.807, 2.05) is 0 Å². The predicted molar refractivity (Wildman–Crippen MR) is 72.6 cm³/mol. The molecule has 6 nitrogen and oxygen atoms in total. The van der Waals surface area contributed by atoms with Crippen LogP contribution in [0.3, 0.4) is 0 Å². The average molecular weight is 345 g/mol. The quantitative estimate of drug-likeness (QED) is 0.479. The number of nitrogens with zero attached hydrogens (tertiary/aromatic N) is 3. The first-order valence-corrected chi connectivity index (χ1v) is 6.25. The highest BCUT2D eigenvalue weighted by Gasteiger charge is 2.20. The van der Waals surface area contributed by atoms with E-state index in [-0.39, 0.29) is 22.5 Å². The first-order chi connectivity index (χ1) is 9.00. The Labute approximate surface area is 121 Å². The van der Waals surface area contributed by atoms with Gasteiger partial charge in [0.25, 0.3) is 0 Å². The molecule has 0 spiro atoms. The molecule has 1 heterocycles. The van der Waals surface area contributed by atoms with Gasteiger partial charge >= 0.3 is 5.69 Å². The van der Waals surface area contributed by atoms with Crippen LogP contribution >= 0.6 is 27.5 Å². The van der Waals surface area contributed by atoms with Crippen LogP contribution in [0.1, 0.15) is 5.56 Å². The summed E-state index contributed by atoms with van der Waals surface area (Å²) in [4.78, 5) is 18.1. The Balaban J connectivity index is 2.49. The molecule has 0 aliphatic carbocycles. The molecule has 2 aromatic rings.